The van der Waals surface area contributed by atoms with Gasteiger partial charge in [0.1, 0.15) is 0 Å². The smallest absolute Gasteiger partial charge is 0.181 e. The first kappa shape index (κ1) is 12.0. The van der Waals surface area contributed by atoms with Crippen molar-refractivity contribution in [3.63, 3.8) is 0 Å². The van der Waals surface area contributed by atoms with Crippen LogP contribution < -0.4 is 5.73 Å². The van der Waals surface area contributed by atoms with Gasteiger partial charge in [-0.25, -0.2) is 8.42 Å². The number of nitrogens with two attached hydrogens (primary N) is 1. The maximum Gasteiger partial charge on any atom is 0.181 e. The number of hydrogen-bond acceptors (Lipinski definition) is 3. The van der Waals surface area contributed by atoms with Crippen molar-refractivity contribution in [2.75, 3.05) is 5.73 Å². The average molecular weight is 227 g/mol. The molecule has 2 N–H and O–H groups in total. The fraction of sp³-hybridized carbons (Fsp3) is 0.455. The normalized spacial score (nSPS) is 13.8. The Balaban J connectivity index is 3.28. The second kappa shape index (κ2) is 4.23. The summed E-state index contributed by atoms with van der Waals surface area (Å²) in [5.74, 6) is 0. The number of anilines is 1. The van der Waals surface area contributed by atoms with E-state index in [0.717, 1.165) is 5.56 Å². The summed E-state index contributed by atoms with van der Waals surface area (Å²) in [7, 11) is -3.19. The van der Waals surface area contributed by atoms with Crippen molar-refractivity contribution in [1.29, 1.82) is 0 Å². The Morgan fingerprint density at radius 3 is 2.47 bits per heavy atom. The second-order valence-electron chi connectivity index (χ2n) is 3.79. The van der Waals surface area contributed by atoms with Gasteiger partial charge in [-0.1, -0.05) is 6.92 Å². The molecule has 4 heteroatoms. The Labute approximate surface area is 91.2 Å². The standard InChI is InChI=1S/C11H17NO2S/c1-4-9(3)15(13,14)11-6-5-10(12)7-8(11)2/h5-7,9H,4,12H2,1-3H3. The highest BCUT2D eigenvalue weighted by molar-refractivity contribution is 7.92. The lowest BCUT2D eigenvalue weighted by atomic mass is 10.2. The second-order valence-corrected chi connectivity index (χ2v) is 6.12. The van der Waals surface area contributed by atoms with E-state index < -0.39 is 9.84 Å². The van der Waals surface area contributed by atoms with Crippen molar-refractivity contribution in [1.82, 2.24) is 0 Å². The molecular formula is C11H17NO2S. The van der Waals surface area contributed by atoms with Crippen molar-refractivity contribution < 1.29 is 8.42 Å². The van der Waals surface area contributed by atoms with Crippen molar-refractivity contribution in [3.05, 3.63) is 23.8 Å². The molecule has 0 spiro atoms. The highest BCUT2D eigenvalue weighted by Crippen LogP contribution is 2.23. The van der Waals surface area contributed by atoms with E-state index in [9.17, 15) is 8.42 Å². The van der Waals surface area contributed by atoms with E-state index >= 15 is 0 Å². The van der Waals surface area contributed by atoms with Gasteiger partial charge in [0.05, 0.1) is 10.1 Å². The van der Waals surface area contributed by atoms with E-state index in [1.165, 1.54) is 0 Å². The first-order valence-corrected chi connectivity index (χ1v) is 6.54. The van der Waals surface area contributed by atoms with Crippen LogP contribution in [0.2, 0.25) is 0 Å². The van der Waals surface area contributed by atoms with Crippen molar-refractivity contribution >= 4 is 15.5 Å². The van der Waals surface area contributed by atoms with Gasteiger partial charge in [0.25, 0.3) is 0 Å². The van der Waals surface area contributed by atoms with Crippen molar-refractivity contribution in [3.8, 4) is 0 Å². The number of aryl methyl sites for hydroxylation is 1. The fourth-order valence-corrected chi connectivity index (χ4v) is 3.07. The third kappa shape index (κ3) is 2.31. The summed E-state index contributed by atoms with van der Waals surface area (Å²) >= 11 is 0. The lowest BCUT2D eigenvalue weighted by molar-refractivity contribution is 0.580. The lowest BCUT2D eigenvalue weighted by Gasteiger charge is -2.13. The van der Waals surface area contributed by atoms with Gasteiger partial charge < -0.3 is 5.73 Å². The minimum absolute atomic E-state index is 0.347. The van der Waals surface area contributed by atoms with E-state index in [-0.39, 0.29) is 5.25 Å². The Morgan fingerprint density at radius 1 is 1.40 bits per heavy atom. The summed E-state index contributed by atoms with van der Waals surface area (Å²) in [4.78, 5) is 0.394. The molecule has 84 valence electrons. The quantitative estimate of drug-likeness (QED) is 0.805. The van der Waals surface area contributed by atoms with Gasteiger partial charge >= 0.3 is 0 Å². The summed E-state index contributed by atoms with van der Waals surface area (Å²) in [6.07, 6.45) is 0.617. The van der Waals surface area contributed by atoms with Crippen LogP contribution in [0.3, 0.4) is 0 Å². The monoisotopic (exact) mass is 227 g/mol. The molecule has 1 unspecified atom stereocenters. The Hall–Kier alpha value is -1.03. The van der Waals surface area contributed by atoms with Crippen molar-refractivity contribution in [2.45, 2.75) is 37.3 Å². The van der Waals surface area contributed by atoms with E-state index in [0.29, 0.717) is 17.0 Å². The van der Waals surface area contributed by atoms with Crippen LogP contribution in [0, 0.1) is 6.92 Å². The SMILES string of the molecule is CCC(C)S(=O)(=O)c1ccc(N)cc1C. The Kier molecular flexibility index (Phi) is 3.39. The van der Waals surface area contributed by atoms with Gasteiger partial charge in [-0.2, -0.15) is 0 Å². The third-order valence-electron chi connectivity index (χ3n) is 2.61. The molecule has 1 aromatic rings. The highest BCUT2D eigenvalue weighted by Gasteiger charge is 2.23. The van der Waals surface area contributed by atoms with Crippen LogP contribution in [0.1, 0.15) is 25.8 Å². The van der Waals surface area contributed by atoms with E-state index in [1.54, 1.807) is 32.0 Å². The number of nitrogen functional groups attached to an aromatic ring is 1. The topological polar surface area (TPSA) is 60.2 Å². The maximum absolute atomic E-state index is 12.1. The van der Waals surface area contributed by atoms with Gasteiger partial charge in [0.2, 0.25) is 0 Å². The number of rotatable bonds is 3. The van der Waals surface area contributed by atoms with E-state index in [1.807, 2.05) is 6.92 Å². The molecule has 0 saturated heterocycles. The Morgan fingerprint density at radius 2 is 2.00 bits per heavy atom. The molecule has 0 aliphatic heterocycles. The van der Waals surface area contributed by atoms with E-state index in [2.05, 4.69) is 0 Å². The predicted octanol–water partition coefficient (Wildman–Crippen LogP) is 2.15. The molecular weight excluding hydrogens is 210 g/mol. The van der Waals surface area contributed by atoms with Crippen LogP contribution in [0.5, 0.6) is 0 Å². The molecule has 0 amide bonds. The summed E-state index contributed by atoms with van der Waals surface area (Å²) < 4.78 is 24.1. The van der Waals surface area contributed by atoms with Crippen LogP contribution >= 0.6 is 0 Å². The lowest BCUT2D eigenvalue weighted by Crippen LogP contribution is -2.17. The predicted molar refractivity (Wildman–Crippen MR) is 62.5 cm³/mol. The van der Waals surface area contributed by atoms with Crippen LogP contribution in [0.15, 0.2) is 23.1 Å². The minimum Gasteiger partial charge on any atom is -0.399 e. The summed E-state index contributed by atoms with van der Waals surface area (Å²) in [5, 5.41) is -0.347. The molecule has 15 heavy (non-hydrogen) atoms. The molecule has 3 nitrogen and oxygen atoms in total. The van der Waals surface area contributed by atoms with Crippen LogP contribution in [-0.2, 0) is 9.84 Å². The van der Waals surface area contributed by atoms with Gasteiger partial charge in [0.15, 0.2) is 9.84 Å². The summed E-state index contributed by atoms with van der Waals surface area (Å²) in [6, 6.07) is 4.91. The van der Waals surface area contributed by atoms with Crippen LogP contribution in [0.25, 0.3) is 0 Å². The molecule has 0 aliphatic rings. The first-order valence-electron chi connectivity index (χ1n) is 4.99. The zero-order chi connectivity index (χ0) is 11.6. The first-order chi connectivity index (χ1) is 6.89. The molecule has 0 radical (unpaired) electrons. The Bertz CT molecular complexity index is 452. The summed E-state index contributed by atoms with van der Waals surface area (Å²) in [6.45, 7) is 5.37. The van der Waals surface area contributed by atoms with Gasteiger partial charge in [-0.05, 0) is 44.0 Å². The molecule has 1 rings (SSSR count). The largest absolute Gasteiger partial charge is 0.399 e. The molecule has 0 fully saturated rings. The molecule has 0 heterocycles. The zero-order valence-corrected chi connectivity index (χ0v) is 10.1. The highest BCUT2D eigenvalue weighted by atomic mass is 32.2. The third-order valence-corrected chi connectivity index (χ3v) is 5.07. The van der Waals surface area contributed by atoms with Gasteiger partial charge in [0, 0.05) is 5.69 Å². The molecule has 0 bridgehead atoms. The zero-order valence-electron chi connectivity index (χ0n) is 9.32. The number of hydrogen-bond donors (Lipinski definition) is 1. The van der Waals surface area contributed by atoms with Gasteiger partial charge in [-0.3, -0.25) is 0 Å². The molecule has 0 aliphatic carbocycles. The van der Waals surface area contributed by atoms with Gasteiger partial charge in [-0.15, -0.1) is 0 Å². The van der Waals surface area contributed by atoms with E-state index in [4.69, 9.17) is 5.73 Å². The molecule has 0 saturated carbocycles. The summed E-state index contributed by atoms with van der Waals surface area (Å²) in [5.41, 5.74) is 6.90. The van der Waals surface area contributed by atoms with Crippen LogP contribution in [0.4, 0.5) is 5.69 Å². The fourth-order valence-electron chi connectivity index (χ4n) is 1.43. The number of benzene rings is 1. The molecule has 1 atom stereocenters. The number of sulfone groups is 1. The average Bonchev–Trinajstić information content (AvgIpc) is 2.15. The molecule has 0 aromatic heterocycles. The minimum atomic E-state index is -3.19. The maximum atomic E-state index is 12.1. The van der Waals surface area contributed by atoms with Crippen LogP contribution in [-0.4, -0.2) is 13.7 Å². The molecule has 1 aromatic carbocycles. The van der Waals surface area contributed by atoms with Crippen molar-refractivity contribution in [2.24, 2.45) is 0 Å².